The minimum Gasteiger partial charge on any atom is -0.477 e. The van der Waals surface area contributed by atoms with Gasteiger partial charge in [0.25, 0.3) is 5.91 Å². The molecule has 0 N–H and O–H groups in total. The first-order valence-corrected chi connectivity index (χ1v) is 5.98. The van der Waals surface area contributed by atoms with E-state index in [1.54, 1.807) is 12.1 Å². The Labute approximate surface area is 109 Å². The van der Waals surface area contributed by atoms with E-state index in [1.165, 1.54) is 17.2 Å². The van der Waals surface area contributed by atoms with Gasteiger partial charge in [-0.05, 0) is 18.9 Å². The van der Waals surface area contributed by atoms with Gasteiger partial charge in [-0.25, -0.2) is 5.06 Å². The average Bonchev–Trinajstić information content (AvgIpc) is 2.46. The summed E-state index contributed by atoms with van der Waals surface area (Å²) in [6.45, 7) is 0.765. The molecular formula is C12H14N2O5. The maximum atomic E-state index is 11.8. The first-order chi connectivity index (χ1) is 9.18. The Balaban J connectivity index is 1.94. The van der Waals surface area contributed by atoms with Crippen LogP contribution in [0.5, 0.6) is 5.75 Å². The van der Waals surface area contributed by atoms with Gasteiger partial charge in [0, 0.05) is 12.6 Å². The molecule has 1 amide bonds. The topological polar surface area (TPSA) is 81.9 Å². The maximum Gasteiger partial charge on any atom is 0.310 e. The Bertz CT molecular complexity index is 471. The number of para-hydroxylation sites is 2. The van der Waals surface area contributed by atoms with Crippen LogP contribution in [0.15, 0.2) is 24.3 Å². The van der Waals surface area contributed by atoms with Crippen LogP contribution in [-0.4, -0.2) is 35.7 Å². The molecule has 0 saturated carbocycles. The van der Waals surface area contributed by atoms with Gasteiger partial charge in [-0.15, -0.1) is 0 Å². The fourth-order valence-corrected chi connectivity index (χ4v) is 1.73. The van der Waals surface area contributed by atoms with Gasteiger partial charge >= 0.3 is 5.69 Å². The van der Waals surface area contributed by atoms with E-state index in [4.69, 9.17) is 9.57 Å². The molecule has 7 nitrogen and oxygen atoms in total. The highest BCUT2D eigenvalue weighted by atomic mass is 16.7. The number of ether oxygens (including phenoxy) is 1. The molecule has 1 fully saturated rings. The molecule has 0 atom stereocenters. The minimum atomic E-state index is -0.544. The summed E-state index contributed by atoms with van der Waals surface area (Å²) in [6.07, 6.45) is 1.81. The second-order valence-electron chi connectivity index (χ2n) is 4.05. The van der Waals surface area contributed by atoms with Crippen LogP contribution in [0, 0.1) is 10.1 Å². The number of hydrogen-bond acceptors (Lipinski definition) is 5. The summed E-state index contributed by atoms with van der Waals surface area (Å²) in [6, 6.07) is 5.95. The number of rotatable bonds is 4. The monoisotopic (exact) mass is 266 g/mol. The van der Waals surface area contributed by atoms with Crippen molar-refractivity contribution in [2.75, 3.05) is 19.8 Å². The Kier molecular flexibility index (Phi) is 4.30. The number of carbonyl (C=O) groups is 1. The lowest BCUT2D eigenvalue weighted by Gasteiger charge is -2.25. The molecular weight excluding hydrogens is 252 g/mol. The molecule has 0 bridgehead atoms. The molecule has 1 aromatic rings. The van der Waals surface area contributed by atoms with Crippen LogP contribution in [0.4, 0.5) is 5.69 Å². The van der Waals surface area contributed by atoms with Crippen molar-refractivity contribution in [3.63, 3.8) is 0 Å². The van der Waals surface area contributed by atoms with Crippen LogP contribution < -0.4 is 4.74 Å². The molecule has 1 saturated heterocycles. The summed E-state index contributed by atoms with van der Waals surface area (Å²) in [5, 5.41) is 12.0. The van der Waals surface area contributed by atoms with E-state index in [0.717, 1.165) is 12.8 Å². The maximum absolute atomic E-state index is 11.8. The number of nitro groups is 1. The van der Waals surface area contributed by atoms with Crippen LogP contribution in [0.1, 0.15) is 12.8 Å². The van der Waals surface area contributed by atoms with Crippen molar-refractivity contribution in [1.82, 2.24) is 5.06 Å². The van der Waals surface area contributed by atoms with Gasteiger partial charge < -0.3 is 4.74 Å². The number of amides is 1. The van der Waals surface area contributed by atoms with Gasteiger partial charge in [-0.3, -0.25) is 19.7 Å². The molecule has 1 aromatic carbocycles. The van der Waals surface area contributed by atoms with Crippen LogP contribution in [0.3, 0.4) is 0 Å². The van der Waals surface area contributed by atoms with E-state index >= 15 is 0 Å². The van der Waals surface area contributed by atoms with Crippen molar-refractivity contribution in [1.29, 1.82) is 0 Å². The van der Waals surface area contributed by atoms with Crippen molar-refractivity contribution in [2.24, 2.45) is 0 Å². The quantitative estimate of drug-likeness (QED) is 0.609. The van der Waals surface area contributed by atoms with Crippen LogP contribution in [0.2, 0.25) is 0 Å². The third-order valence-electron chi connectivity index (χ3n) is 2.69. The van der Waals surface area contributed by atoms with Gasteiger partial charge in [-0.1, -0.05) is 12.1 Å². The number of nitro benzene ring substituents is 1. The van der Waals surface area contributed by atoms with E-state index in [9.17, 15) is 14.9 Å². The zero-order valence-electron chi connectivity index (χ0n) is 10.3. The Morgan fingerprint density at radius 2 is 2.21 bits per heavy atom. The second-order valence-corrected chi connectivity index (χ2v) is 4.05. The Hall–Kier alpha value is -2.15. The molecule has 19 heavy (non-hydrogen) atoms. The Morgan fingerprint density at radius 3 is 2.89 bits per heavy atom. The highest BCUT2D eigenvalue weighted by molar-refractivity contribution is 5.76. The third-order valence-corrected chi connectivity index (χ3v) is 2.69. The van der Waals surface area contributed by atoms with E-state index in [1.807, 2.05) is 0 Å². The standard InChI is InChI=1S/C12H14N2O5/c15-12(13-7-3-4-8-19-13)9-18-11-6-2-1-5-10(11)14(16)17/h1-2,5-6H,3-4,7-9H2. The molecule has 0 radical (unpaired) electrons. The van der Waals surface area contributed by atoms with Gasteiger partial charge in [0.15, 0.2) is 12.4 Å². The van der Waals surface area contributed by atoms with Crippen LogP contribution in [-0.2, 0) is 9.63 Å². The number of hydroxylamine groups is 2. The van der Waals surface area contributed by atoms with Crippen molar-refractivity contribution in [3.8, 4) is 5.75 Å². The zero-order chi connectivity index (χ0) is 13.7. The van der Waals surface area contributed by atoms with Gasteiger partial charge in [0.2, 0.25) is 0 Å². The van der Waals surface area contributed by atoms with E-state index in [0.29, 0.717) is 13.2 Å². The molecule has 0 spiro atoms. The lowest BCUT2D eigenvalue weighted by molar-refractivity contribution is -0.385. The third kappa shape index (κ3) is 3.41. The predicted octanol–water partition coefficient (Wildman–Crippen LogP) is 1.53. The van der Waals surface area contributed by atoms with Crippen molar-refractivity contribution < 1.29 is 19.3 Å². The molecule has 1 heterocycles. The summed E-state index contributed by atoms with van der Waals surface area (Å²) in [5.41, 5.74) is -0.158. The van der Waals surface area contributed by atoms with Crippen molar-refractivity contribution >= 4 is 11.6 Å². The number of benzene rings is 1. The Morgan fingerprint density at radius 1 is 1.42 bits per heavy atom. The summed E-state index contributed by atoms with van der Waals surface area (Å²) in [4.78, 5) is 27.2. The fourth-order valence-electron chi connectivity index (χ4n) is 1.73. The van der Waals surface area contributed by atoms with Crippen LogP contribution >= 0.6 is 0 Å². The largest absolute Gasteiger partial charge is 0.477 e. The summed E-state index contributed by atoms with van der Waals surface area (Å²) in [7, 11) is 0. The smallest absolute Gasteiger partial charge is 0.310 e. The van der Waals surface area contributed by atoms with E-state index < -0.39 is 4.92 Å². The molecule has 0 aliphatic carbocycles. The van der Waals surface area contributed by atoms with E-state index in [2.05, 4.69) is 0 Å². The molecule has 0 unspecified atom stereocenters. The first kappa shape index (κ1) is 13.3. The highest BCUT2D eigenvalue weighted by Gasteiger charge is 2.20. The van der Waals surface area contributed by atoms with Gasteiger partial charge in [0.05, 0.1) is 11.5 Å². The minimum absolute atomic E-state index is 0.0814. The van der Waals surface area contributed by atoms with Crippen LogP contribution in [0.25, 0.3) is 0 Å². The number of hydrogen-bond donors (Lipinski definition) is 0. The second kappa shape index (κ2) is 6.14. The highest BCUT2D eigenvalue weighted by Crippen LogP contribution is 2.25. The van der Waals surface area contributed by atoms with Gasteiger partial charge in [0.1, 0.15) is 0 Å². The van der Waals surface area contributed by atoms with Gasteiger partial charge in [-0.2, -0.15) is 0 Å². The summed E-state index contributed by atoms with van der Waals surface area (Å²) in [5.74, 6) is -0.254. The summed E-state index contributed by atoms with van der Waals surface area (Å²) < 4.78 is 5.20. The molecule has 1 aliphatic heterocycles. The first-order valence-electron chi connectivity index (χ1n) is 5.98. The van der Waals surface area contributed by atoms with E-state index in [-0.39, 0.29) is 24.0 Å². The predicted molar refractivity (Wildman–Crippen MR) is 65.5 cm³/mol. The van der Waals surface area contributed by atoms with Crippen molar-refractivity contribution in [3.05, 3.63) is 34.4 Å². The molecule has 102 valence electrons. The molecule has 0 aromatic heterocycles. The van der Waals surface area contributed by atoms with Crippen molar-refractivity contribution in [2.45, 2.75) is 12.8 Å². The normalized spacial score (nSPS) is 15.1. The molecule has 1 aliphatic rings. The fraction of sp³-hybridized carbons (Fsp3) is 0.417. The lowest BCUT2D eigenvalue weighted by Crippen LogP contribution is -2.38. The molecule has 2 rings (SSSR count). The number of carbonyl (C=O) groups excluding carboxylic acids is 1. The summed E-state index contributed by atoms with van der Waals surface area (Å²) >= 11 is 0. The zero-order valence-corrected chi connectivity index (χ0v) is 10.3. The lowest BCUT2D eigenvalue weighted by atomic mass is 10.3. The SMILES string of the molecule is O=C(COc1ccccc1[N+](=O)[O-])N1CCCCO1. The number of nitrogens with zero attached hydrogens (tertiary/aromatic N) is 2. The average molecular weight is 266 g/mol. The molecule has 7 heteroatoms.